The average Bonchev–Trinajstić information content (AvgIpc) is 2.43. The molecule has 0 atom stereocenters. The molecule has 1 aromatic carbocycles. The molecule has 0 saturated carbocycles. The molecule has 0 fully saturated rings. The Morgan fingerprint density at radius 1 is 1.27 bits per heavy atom. The summed E-state index contributed by atoms with van der Waals surface area (Å²) in [5.41, 5.74) is -0.943. The predicted octanol–water partition coefficient (Wildman–Crippen LogP) is 2.36. The first-order valence-corrected chi connectivity index (χ1v) is 8.24. The van der Waals surface area contributed by atoms with Crippen molar-refractivity contribution in [2.24, 2.45) is 0 Å². The molecule has 1 rings (SSSR count). The van der Waals surface area contributed by atoms with Crippen LogP contribution in [0.3, 0.4) is 0 Å². The maximum absolute atomic E-state index is 12.5. The Morgan fingerprint density at radius 2 is 1.95 bits per heavy atom. The van der Waals surface area contributed by atoms with E-state index < -0.39 is 34.2 Å². The molecule has 0 bridgehead atoms. The van der Waals surface area contributed by atoms with E-state index in [1.54, 1.807) is 0 Å². The van der Waals surface area contributed by atoms with Gasteiger partial charge in [0.2, 0.25) is 15.9 Å². The number of nitrogens with one attached hydrogen (secondary N) is 2. The van der Waals surface area contributed by atoms with Gasteiger partial charge in [-0.1, -0.05) is 19.4 Å². The lowest BCUT2D eigenvalue weighted by atomic mass is 10.2. The number of carbonyl (C=O) groups excluding carboxylic acids is 1. The van der Waals surface area contributed by atoms with E-state index in [1.807, 2.05) is 6.92 Å². The molecule has 0 unspecified atom stereocenters. The smallest absolute Gasteiger partial charge is 0.325 e. The number of amides is 1. The molecule has 0 aliphatic heterocycles. The third-order valence-electron chi connectivity index (χ3n) is 2.69. The SMILES string of the molecule is CCCCS(=O)(=O)NCC(=O)Nc1cccc(C(F)(F)F)c1. The lowest BCUT2D eigenvalue weighted by Gasteiger charge is -2.10. The molecule has 22 heavy (non-hydrogen) atoms. The molecule has 1 aromatic rings. The second kappa shape index (κ2) is 7.59. The zero-order valence-corrected chi connectivity index (χ0v) is 12.7. The van der Waals surface area contributed by atoms with Crippen molar-refractivity contribution < 1.29 is 26.4 Å². The first-order chi connectivity index (χ1) is 10.1. The highest BCUT2D eigenvalue weighted by atomic mass is 32.2. The summed E-state index contributed by atoms with van der Waals surface area (Å²) in [7, 11) is -3.55. The summed E-state index contributed by atoms with van der Waals surface area (Å²) in [4.78, 5) is 11.6. The summed E-state index contributed by atoms with van der Waals surface area (Å²) in [5.74, 6) is -0.834. The molecule has 2 N–H and O–H groups in total. The minimum absolute atomic E-state index is 0.0485. The van der Waals surface area contributed by atoms with Crippen molar-refractivity contribution in [1.82, 2.24) is 4.72 Å². The minimum atomic E-state index is -4.51. The van der Waals surface area contributed by atoms with Gasteiger partial charge in [-0.2, -0.15) is 13.2 Å². The molecule has 0 aliphatic rings. The number of carbonyl (C=O) groups is 1. The topological polar surface area (TPSA) is 75.3 Å². The van der Waals surface area contributed by atoms with Gasteiger partial charge in [0, 0.05) is 5.69 Å². The van der Waals surface area contributed by atoms with Crippen molar-refractivity contribution in [3.05, 3.63) is 29.8 Å². The van der Waals surface area contributed by atoms with Crippen molar-refractivity contribution in [3.63, 3.8) is 0 Å². The first kappa shape index (κ1) is 18.4. The molecular formula is C13H17F3N2O3S. The number of anilines is 1. The normalized spacial score (nSPS) is 12.2. The van der Waals surface area contributed by atoms with Crippen LogP contribution in [0.25, 0.3) is 0 Å². The van der Waals surface area contributed by atoms with Crippen LogP contribution in [0.4, 0.5) is 18.9 Å². The molecule has 0 spiro atoms. The molecule has 124 valence electrons. The van der Waals surface area contributed by atoms with Crippen molar-refractivity contribution in [1.29, 1.82) is 0 Å². The highest BCUT2D eigenvalue weighted by Gasteiger charge is 2.30. The number of sulfonamides is 1. The molecular weight excluding hydrogens is 321 g/mol. The first-order valence-electron chi connectivity index (χ1n) is 6.58. The number of halogens is 3. The van der Waals surface area contributed by atoms with Crippen LogP contribution in [0.15, 0.2) is 24.3 Å². The largest absolute Gasteiger partial charge is 0.416 e. The zero-order chi connectivity index (χ0) is 16.8. The van der Waals surface area contributed by atoms with E-state index in [-0.39, 0.29) is 11.4 Å². The van der Waals surface area contributed by atoms with Crippen molar-refractivity contribution in [3.8, 4) is 0 Å². The highest BCUT2D eigenvalue weighted by Crippen LogP contribution is 2.30. The molecule has 0 heterocycles. The van der Waals surface area contributed by atoms with E-state index in [0.29, 0.717) is 12.8 Å². The van der Waals surface area contributed by atoms with Gasteiger partial charge in [0.05, 0.1) is 17.9 Å². The predicted molar refractivity (Wildman–Crippen MR) is 76.8 cm³/mol. The van der Waals surface area contributed by atoms with E-state index in [0.717, 1.165) is 18.2 Å². The Balaban J connectivity index is 2.59. The maximum Gasteiger partial charge on any atom is 0.416 e. The van der Waals surface area contributed by atoms with Gasteiger partial charge in [0.15, 0.2) is 0 Å². The van der Waals surface area contributed by atoms with Crippen LogP contribution >= 0.6 is 0 Å². The summed E-state index contributed by atoms with van der Waals surface area (Å²) >= 11 is 0. The number of alkyl halides is 3. The summed E-state index contributed by atoms with van der Waals surface area (Å²) < 4.78 is 62.7. The third-order valence-corrected chi connectivity index (χ3v) is 4.10. The fourth-order valence-corrected chi connectivity index (χ4v) is 2.72. The van der Waals surface area contributed by atoms with E-state index in [9.17, 15) is 26.4 Å². The van der Waals surface area contributed by atoms with Crippen molar-refractivity contribution in [2.75, 3.05) is 17.6 Å². The van der Waals surface area contributed by atoms with Crippen LogP contribution in [0.1, 0.15) is 25.3 Å². The van der Waals surface area contributed by atoms with Crippen LogP contribution in [-0.2, 0) is 21.0 Å². The number of hydrogen-bond acceptors (Lipinski definition) is 3. The Bertz CT molecular complexity index is 615. The van der Waals surface area contributed by atoms with Crippen LogP contribution in [-0.4, -0.2) is 26.6 Å². The second-order valence-corrected chi connectivity index (χ2v) is 6.55. The van der Waals surface area contributed by atoms with Crippen LogP contribution in [0.2, 0.25) is 0 Å². The molecule has 5 nitrogen and oxygen atoms in total. The fraction of sp³-hybridized carbons (Fsp3) is 0.462. The highest BCUT2D eigenvalue weighted by molar-refractivity contribution is 7.89. The molecule has 0 aromatic heterocycles. The van der Waals surface area contributed by atoms with Gasteiger partial charge < -0.3 is 5.32 Å². The van der Waals surface area contributed by atoms with Gasteiger partial charge in [-0.25, -0.2) is 13.1 Å². The Kier molecular flexibility index (Phi) is 6.36. The summed E-state index contributed by atoms with van der Waals surface area (Å²) in [6.07, 6.45) is -3.36. The number of rotatable bonds is 7. The molecule has 1 amide bonds. The zero-order valence-electron chi connectivity index (χ0n) is 11.9. The Morgan fingerprint density at radius 3 is 2.55 bits per heavy atom. The molecule has 0 radical (unpaired) electrons. The standard InChI is InChI=1S/C13H17F3N2O3S/c1-2-3-7-22(20,21)17-9-12(19)18-11-6-4-5-10(8-11)13(14,15)16/h4-6,8,17H,2-3,7,9H2,1H3,(H,18,19). The summed E-state index contributed by atoms with van der Waals surface area (Å²) in [6.45, 7) is 1.30. The molecule has 0 saturated heterocycles. The summed E-state index contributed by atoms with van der Waals surface area (Å²) in [5, 5.41) is 2.22. The minimum Gasteiger partial charge on any atom is -0.325 e. The molecule has 9 heteroatoms. The lowest BCUT2D eigenvalue weighted by Crippen LogP contribution is -2.34. The summed E-state index contributed by atoms with van der Waals surface area (Å²) in [6, 6.07) is 4.11. The van der Waals surface area contributed by atoms with Gasteiger partial charge in [0.25, 0.3) is 0 Å². The number of benzene rings is 1. The van der Waals surface area contributed by atoms with Crippen LogP contribution in [0.5, 0.6) is 0 Å². The Hall–Kier alpha value is -1.61. The number of unbranched alkanes of at least 4 members (excludes halogenated alkanes) is 1. The van der Waals surface area contributed by atoms with Gasteiger partial charge >= 0.3 is 6.18 Å². The van der Waals surface area contributed by atoms with Gasteiger partial charge in [-0.05, 0) is 24.6 Å². The average molecular weight is 338 g/mol. The van der Waals surface area contributed by atoms with Gasteiger partial charge in [-0.15, -0.1) is 0 Å². The van der Waals surface area contributed by atoms with Crippen LogP contribution < -0.4 is 10.0 Å². The van der Waals surface area contributed by atoms with E-state index >= 15 is 0 Å². The van der Waals surface area contributed by atoms with Gasteiger partial charge in [0.1, 0.15) is 0 Å². The van der Waals surface area contributed by atoms with E-state index in [4.69, 9.17) is 0 Å². The van der Waals surface area contributed by atoms with Crippen molar-refractivity contribution >= 4 is 21.6 Å². The van der Waals surface area contributed by atoms with Crippen LogP contribution in [0, 0.1) is 0 Å². The molecule has 0 aliphatic carbocycles. The third kappa shape index (κ3) is 6.44. The quantitative estimate of drug-likeness (QED) is 0.801. The lowest BCUT2D eigenvalue weighted by molar-refractivity contribution is -0.137. The van der Waals surface area contributed by atoms with Crippen molar-refractivity contribution in [2.45, 2.75) is 25.9 Å². The monoisotopic (exact) mass is 338 g/mol. The van der Waals surface area contributed by atoms with Gasteiger partial charge in [-0.3, -0.25) is 4.79 Å². The maximum atomic E-state index is 12.5. The number of hydrogen-bond donors (Lipinski definition) is 2. The Labute approximate surface area is 127 Å². The fourth-order valence-electron chi connectivity index (χ4n) is 1.56. The van der Waals surface area contributed by atoms with E-state index in [1.165, 1.54) is 6.07 Å². The second-order valence-electron chi connectivity index (χ2n) is 4.62. The van der Waals surface area contributed by atoms with E-state index in [2.05, 4.69) is 10.0 Å².